The molecule has 0 amide bonds. The number of aromatic nitrogens is 1. The summed E-state index contributed by atoms with van der Waals surface area (Å²) in [5, 5.41) is 1.03. The average Bonchev–Trinajstić information content (AvgIpc) is 2.79. The number of hydrogen-bond acceptors (Lipinski definition) is 7. The molecule has 0 bridgehead atoms. The lowest BCUT2D eigenvalue weighted by atomic mass is 10.2. The van der Waals surface area contributed by atoms with Gasteiger partial charge in [-0.2, -0.15) is 0 Å². The summed E-state index contributed by atoms with van der Waals surface area (Å²) in [6, 6.07) is 11.8. The Labute approximate surface area is 201 Å². The maximum atomic E-state index is 11.3. The van der Waals surface area contributed by atoms with Crippen LogP contribution in [0.4, 0.5) is 5.69 Å². The quantitative estimate of drug-likeness (QED) is 0.167. The summed E-state index contributed by atoms with van der Waals surface area (Å²) in [6.07, 6.45) is 2.34. The van der Waals surface area contributed by atoms with Crippen LogP contribution in [0.1, 0.15) is 46.5 Å². The standard InChI is InChI=1S/C25H33N3O5S/c1-4-27(14-6-7-16-34(30,31)32)20-10-12-22-24(17-20)33-25-18-21(11-13-23(25)26-22)28(5-2)15-8-9-19(3)29/h10-13,17-18H,4-9,14-16H2,1-3H3. The molecule has 0 atom stereocenters. The first-order chi connectivity index (χ1) is 16.2. The van der Waals surface area contributed by atoms with E-state index in [1.165, 1.54) is 0 Å². The molecule has 0 saturated carbocycles. The lowest BCUT2D eigenvalue weighted by Crippen LogP contribution is -2.31. The minimum Gasteiger partial charge on any atom is -0.748 e. The second-order valence-electron chi connectivity index (χ2n) is 8.45. The van der Waals surface area contributed by atoms with Gasteiger partial charge >= 0.3 is 0 Å². The van der Waals surface area contributed by atoms with Crippen LogP contribution in [0.25, 0.3) is 22.6 Å². The molecule has 3 rings (SSSR count). The fourth-order valence-corrected chi connectivity index (χ4v) is 4.59. The van der Waals surface area contributed by atoms with Gasteiger partial charge in [0.05, 0.1) is 16.2 Å². The van der Waals surface area contributed by atoms with E-state index in [1.807, 2.05) is 43.3 Å². The maximum Gasteiger partial charge on any atom is 0.203 e. The highest BCUT2D eigenvalue weighted by Crippen LogP contribution is 2.27. The minimum absolute atomic E-state index is 0.201. The third-order valence-electron chi connectivity index (χ3n) is 5.87. The SMILES string of the molecule is CCN(CCCCS(=O)(=O)[O-])c1ccc2nc3ccc(=[N+](CC)CCCC(C)=O)cc-3oc2c1. The molecule has 0 radical (unpaired) electrons. The van der Waals surface area contributed by atoms with E-state index in [4.69, 9.17) is 9.40 Å². The number of carbonyl (C=O) groups excluding carboxylic acids is 1. The predicted octanol–water partition coefficient (Wildman–Crippen LogP) is 3.25. The molecule has 0 aromatic heterocycles. The lowest BCUT2D eigenvalue weighted by molar-refractivity contribution is -0.117. The van der Waals surface area contributed by atoms with E-state index in [1.54, 1.807) is 6.92 Å². The van der Waals surface area contributed by atoms with E-state index in [9.17, 15) is 17.8 Å². The first-order valence-electron chi connectivity index (χ1n) is 11.8. The third kappa shape index (κ3) is 7.11. The highest BCUT2D eigenvalue weighted by atomic mass is 32.2. The fraction of sp³-hybridized carbons (Fsp3) is 0.480. The van der Waals surface area contributed by atoms with Crippen LogP contribution in [-0.4, -0.2) is 55.7 Å². The van der Waals surface area contributed by atoms with Crippen molar-refractivity contribution in [1.29, 1.82) is 0 Å². The van der Waals surface area contributed by atoms with E-state index in [0.717, 1.165) is 48.3 Å². The monoisotopic (exact) mass is 487 g/mol. The Hall–Kier alpha value is -2.78. The first kappa shape index (κ1) is 25.8. The maximum absolute atomic E-state index is 11.3. The average molecular weight is 488 g/mol. The molecule has 1 heterocycles. The molecule has 1 aromatic rings. The number of rotatable bonds is 12. The van der Waals surface area contributed by atoms with Gasteiger partial charge in [0.15, 0.2) is 11.3 Å². The number of anilines is 1. The van der Waals surface area contributed by atoms with Crippen LogP contribution in [0.2, 0.25) is 0 Å². The van der Waals surface area contributed by atoms with Crippen molar-refractivity contribution in [2.45, 2.75) is 46.5 Å². The molecule has 1 aliphatic carbocycles. The molecule has 184 valence electrons. The van der Waals surface area contributed by atoms with Crippen molar-refractivity contribution < 1.29 is 22.2 Å². The number of unbranched alkanes of at least 4 members (excludes halogenated alkanes) is 1. The Kier molecular flexibility index (Phi) is 8.79. The first-order valence-corrected chi connectivity index (χ1v) is 13.4. The van der Waals surface area contributed by atoms with Crippen molar-refractivity contribution in [1.82, 2.24) is 9.56 Å². The summed E-state index contributed by atoms with van der Waals surface area (Å²) in [4.78, 5) is 18.1. The molecule has 9 heteroatoms. The Morgan fingerprint density at radius 2 is 1.91 bits per heavy atom. The molecule has 0 saturated heterocycles. The molecular weight excluding hydrogens is 454 g/mol. The van der Waals surface area contributed by atoms with Gasteiger partial charge in [-0.05, 0) is 51.8 Å². The van der Waals surface area contributed by atoms with Crippen molar-refractivity contribution in [3.63, 3.8) is 0 Å². The highest BCUT2D eigenvalue weighted by Gasteiger charge is 2.14. The number of ketones is 1. The largest absolute Gasteiger partial charge is 0.748 e. The van der Waals surface area contributed by atoms with Crippen LogP contribution in [0, 0.1) is 0 Å². The molecule has 1 aromatic carbocycles. The zero-order valence-corrected chi connectivity index (χ0v) is 20.9. The van der Waals surface area contributed by atoms with Gasteiger partial charge in [-0.1, -0.05) is 0 Å². The summed E-state index contributed by atoms with van der Waals surface area (Å²) in [5.74, 6) is 0.558. The predicted molar refractivity (Wildman–Crippen MR) is 133 cm³/mol. The summed E-state index contributed by atoms with van der Waals surface area (Å²) in [6.45, 7) is 8.75. The van der Waals surface area contributed by atoms with Crippen molar-refractivity contribution in [3.8, 4) is 11.5 Å². The Morgan fingerprint density at radius 3 is 2.59 bits per heavy atom. The summed E-state index contributed by atoms with van der Waals surface area (Å²) in [7, 11) is -4.17. The lowest BCUT2D eigenvalue weighted by Gasteiger charge is -2.23. The minimum atomic E-state index is -4.17. The Balaban J connectivity index is 1.87. The molecule has 0 fully saturated rings. The van der Waals surface area contributed by atoms with Crippen molar-refractivity contribution in [2.24, 2.45) is 0 Å². The highest BCUT2D eigenvalue weighted by molar-refractivity contribution is 7.85. The molecular formula is C25H33N3O5S. The van der Waals surface area contributed by atoms with Gasteiger partial charge in [-0.25, -0.2) is 18.0 Å². The van der Waals surface area contributed by atoms with E-state index >= 15 is 0 Å². The Bertz CT molecular complexity index is 1280. The number of Topliss-reactive ketones (excluding diaryl/α,β-unsaturated/α-hetero) is 1. The molecule has 34 heavy (non-hydrogen) atoms. The van der Waals surface area contributed by atoms with Gasteiger partial charge in [0.25, 0.3) is 0 Å². The second kappa shape index (κ2) is 11.6. The van der Waals surface area contributed by atoms with E-state index in [2.05, 4.69) is 16.4 Å². The van der Waals surface area contributed by atoms with Crippen LogP contribution in [0.5, 0.6) is 0 Å². The van der Waals surface area contributed by atoms with Crippen LogP contribution in [-0.2, 0) is 14.9 Å². The van der Waals surface area contributed by atoms with Crippen LogP contribution >= 0.6 is 0 Å². The number of fused-ring (bicyclic) bond motifs is 2. The van der Waals surface area contributed by atoms with E-state index in [0.29, 0.717) is 37.2 Å². The third-order valence-corrected chi connectivity index (χ3v) is 6.66. The number of nitrogens with zero attached hydrogens (tertiary/aromatic N) is 3. The van der Waals surface area contributed by atoms with Crippen LogP contribution in [0.3, 0.4) is 0 Å². The van der Waals surface area contributed by atoms with Gasteiger partial charge in [0.2, 0.25) is 5.36 Å². The van der Waals surface area contributed by atoms with Gasteiger partial charge < -0.3 is 18.7 Å². The van der Waals surface area contributed by atoms with Crippen molar-refractivity contribution in [2.75, 3.05) is 36.8 Å². The van der Waals surface area contributed by atoms with Gasteiger partial charge in [-0.15, -0.1) is 0 Å². The van der Waals surface area contributed by atoms with Crippen molar-refractivity contribution >= 4 is 32.7 Å². The smallest absolute Gasteiger partial charge is 0.203 e. The second-order valence-corrected chi connectivity index (χ2v) is 9.98. The topological polar surface area (TPSA) is 107 Å². The number of hydrogen-bond donors (Lipinski definition) is 0. The fourth-order valence-electron chi connectivity index (χ4n) is 4.04. The molecule has 2 aliphatic rings. The zero-order chi connectivity index (χ0) is 24.7. The normalized spacial score (nSPS) is 12.8. The summed E-state index contributed by atoms with van der Waals surface area (Å²) in [5.41, 5.74) is 3.16. The van der Waals surface area contributed by atoms with Gasteiger partial charge in [-0.3, -0.25) is 0 Å². The molecule has 8 nitrogen and oxygen atoms in total. The summed E-state index contributed by atoms with van der Waals surface area (Å²) >= 11 is 0. The van der Waals surface area contributed by atoms with Gasteiger partial charge in [0.1, 0.15) is 30.1 Å². The molecule has 0 N–H and O–H groups in total. The van der Waals surface area contributed by atoms with Crippen LogP contribution in [0.15, 0.2) is 40.8 Å². The number of carbonyl (C=O) groups is 1. The Morgan fingerprint density at radius 1 is 1.12 bits per heavy atom. The van der Waals surface area contributed by atoms with Crippen LogP contribution < -0.4 is 14.8 Å². The summed E-state index contributed by atoms with van der Waals surface area (Å²) < 4.78 is 40.9. The zero-order valence-electron chi connectivity index (χ0n) is 20.1. The molecule has 0 unspecified atom stereocenters. The van der Waals surface area contributed by atoms with E-state index < -0.39 is 10.1 Å². The van der Waals surface area contributed by atoms with Crippen molar-refractivity contribution in [3.05, 3.63) is 41.8 Å². The molecule has 0 spiro atoms. The molecule has 1 aliphatic heterocycles. The van der Waals surface area contributed by atoms with Gasteiger partial charge in [0, 0.05) is 49.5 Å². The number of benzene rings is 2. The van der Waals surface area contributed by atoms with E-state index in [-0.39, 0.29) is 11.5 Å².